The first-order chi connectivity index (χ1) is 8.25. The molecule has 0 spiro atoms. The van der Waals surface area contributed by atoms with Gasteiger partial charge in [-0.15, -0.1) is 0 Å². The number of aliphatic carboxylic acids is 1. The molecule has 2 aromatic rings. The van der Waals surface area contributed by atoms with Crippen LogP contribution in [0.1, 0.15) is 12.8 Å². The molecular weight excluding hydrogens is 240 g/mol. The molecule has 1 aliphatic carbocycles. The summed E-state index contributed by atoms with van der Waals surface area (Å²) in [5.74, 6) is -0.975. The lowest BCUT2D eigenvalue weighted by Gasteiger charge is -2.32. The number of fused-ring (bicyclic) bond motifs is 1. The third kappa shape index (κ3) is 1.76. The number of carboxylic acids is 1. The molecule has 7 heteroatoms. The number of thioether (sulfide) groups is 1. The number of carboxylic acid groups (broad SMARTS) is 1. The van der Waals surface area contributed by atoms with E-state index < -0.39 is 5.97 Å². The summed E-state index contributed by atoms with van der Waals surface area (Å²) >= 11 is 1.50. The predicted molar refractivity (Wildman–Crippen MR) is 61.7 cm³/mol. The van der Waals surface area contributed by atoms with E-state index in [1.807, 2.05) is 0 Å². The van der Waals surface area contributed by atoms with Crippen molar-refractivity contribution in [2.45, 2.75) is 23.1 Å². The molecule has 1 aliphatic rings. The average Bonchev–Trinajstić information content (AvgIpc) is 2.71. The zero-order valence-electron chi connectivity index (χ0n) is 8.83. The number of aromatic amines is 1. The lowest BCUT2D eigenvalue weighted by atomic mass is 9.85. The zero-order valence-corrected chi connectivity index (χ0v) is 9.65. The van der Waals surface area contributed by atoms with Gasteiger partial charge in [-0.05, 0) is 12.8 Å². The Bertz CT molecular complexity index is 570. The number of hydrogen-bond acceptors (Lipinski definition) is 5. The number of H-pyrrole nitrogens is 1. The molecule has 3 rings (SSSR count). The van der Waals surface area contributed by atoms with Gasteiger partial charge in [0.25, 0.3) is 0 Å². The predicted octanol–water partition coefficient (Wildman–Crippen LogP) is 1.31. The van der Waals surface area contributed by atoms with Crippen molar-refractivity contribution in [3.63, 3.8) is 0 Å². The van der Waals surface area contributed by atoms with E-state index in [-0.39, 0.29) is 11.2 Å². The maximum atomic E-state index is 10.9. The summed E-state index contributed by atoms with van der Waals surface area (Å²) in [6.45, 7) is 0. The fourth-order valence-corrected chi connectivity index (χ4v) is 3.20. The smallest absolute Gasteiger partial charge is 0.307 e. The van der Waals surface area contributed by atoms with E-state index in [9.17, 15) is 4.79 Å². The van der Waals surface area contributed by atoms with E-state index >= 15 is 0 Å². The van der Waals surface area contributed by atoms with Crippen molar-refractivity contribution < 1.29 is 9.90 Å². The monoisotopic (exact) mass is 250 g/mol. The molecule has 0 aromatic carbocycles. The Morgan fingerprint density at radius 1 is 1.41 bits per heavy atom. The van der Waals surface area contributed by atoms with Gasteiger partial charge in [-0.2, -0.15) is 0 Å². The second kappa shape index (κ2) is 3.99. The third-order valence-electron chi connectivity index (χ3n) is 2.98. The van der Waals surface area contributed by atoms with Crippen LogP contribution in [-0.4, -0.2) is 36.3 Å². The van der Waals surface area contributed by atoms with E-state index in [0.29, 0.717) is 5.65 Å². The van der Waals surface area contributed by atoms with Gasteiger partial charge in [0, 0.05) is 5.25 Å². The first-order valence-electron chi connectivity index (χ1n) is 5.29. The number of carbonyl (C=O) groups is 1. The van der Waals surface area contributed by atoms with E-state index in [1.54, 1.807) is 6.33 Å². The summed E-state index contributed by atoms with van der Waals surface area (Å²) in [7, 11) is 0. The molecule has 2 aromatic heterocycles. The highest BCUT2D eigenvalue weighted by molar-refractivity contribution is 8.00. The number of nitrogens with zero attached hydrogens (tertiary/aromatic N) is 3. The minimum atomic E-state index is -0.719. The molecule has 0 saturated heterocycles. The van der Waals surface area contributed by atoms with Crippen LogP contribution in [0.3, 0.4) is 0 Å². The third-order valence-corrected chi connectivity index (χ3v) is 4.38. The first-order valence-corrected chi connectivity index (χ1v) is 6.17. The van der Waals surface area contributed by atoms with Crippen LogP contribution in [0.15, 0.2) is 17.7 Å². The SMILES string of the molecule is O=C(O)C1CCC1Sc1ncnc2nc[nH]c12. The molecule has 0 aliphatic heterocycles. The second-order valence-corrected chi connectivity index (χ2v) is 5.19. The normalized spacial score (nSPS) is 23.5. The van der Waals surface area contributed by atoms with Crippen molar-refractivity contribution in [1.82, 2.24) is 19.9 Å². The highest BCUT2D eigenvalue weighted by Gasteiger charge is 2.37. The highest BCUT2D eigenvalue weighted by Crippen LogP contribution is 2.41. The number of imidazole rings is 1. The van der Waals surface area contributed by atoms with Crippen molar-refractivity contribution >= 4 is 28.9 Å². The second-order valence-electron chi connectivity index (χ2n) is 3.96. The number of aromatic nitrogens is 4. The maximum absolute atomic E-state index is 10.9. The molecule has 1 fully saturated rings. The van der Waals surface area contributed by atoms with Crippen LogP contribution in [-0.2, 0) is 4.79 Å². The van der Waals surface area contributed by atoms with Gasteiger partial charge in [0.15, 0.2) is 5.65 Å². The van der Waals surface area contributed by atoms with Gasteiger partial charge in [-0.3, -0.25) is 4.79 Å². The maximum Gasteiger partial charge on any atom is 0.307 e. The Labute approximate surface area is 101 Å². The molecule has 6 nitrogen and oxygen atoms in total. The quantitative estimate of drug-likeness (QED) is 0.798. The number of rotatable bonds is 3. The summed E-state index contributed by atoms with van der Waals surface area (Å²) in [6.07, 6.45) is 4.70. The van der Waals surface area contributed by atoms with Crippen LogP contribution in [0.25, 0.3) is 11.2 Å². The summed E-state index contributed by atoms with van der Waals surface area (Å²) < 4.78 is 0. The van der Waals surface area contributed by atoms with Crippen LogP contribution in [0.2, 0.25) is 0 Å². The first kappa shape index (κ1) is 10.5. The summed E-state index contributed by atoms with van der Waals surface area (Å²) in [4.78, 5) is 26.2. The van der Waals surface area contributed by atoms with Gasteiger partial charge in [0.2, 0.25) is 0 Å². The fourth-order valence-electron chi connectivity index (χ4n) is 1.87. The van der Waals surface area contributed by atoms with Crippen molar-refractivity contribution in [2.75, 3.05) is 0 Å². The van der Waals surface area contributed by atoms with Crippen molar-refractivity contribution in [3.05, 3.63) is 12.7 Å². The van der Waals surface area contributed by atoms with Gasteiger partial charge in [0.1, 0.15) is 16.9 Å². The molecular formula is C10H10N4O2S. The van der Waals surface area contributed by atoms with Crippen molar-refractivity contribution in [1.29, 1.82) is 0 Å². The number of nitrogens with one attached hydrogen (secondary N) is 1. The molecule has 17 heavy (non-hydrogen) atoms. The Morgan fingerprint density at radius 3 is 3.00 bits per heavy atom. The molecule has 0 amide bonds. The van der Waals surface area contributed by atoms with Crippen LogP contribution < -0.4 is 0 Å². The highest BCUT2D eigenvalue weighted by atomic mass is 32.2. The lowest BCUT2D eigenvalue weighted by molar-refractivity contribution is -0.144. The van der Waals surface area contributed by atoms with Crippen LogP contribution >= 0.6 is 11.8 Å². The molecule has 2 N–H and O–H groups in total. The van der Waals surface area contributed by atoms with Crippen molar-refractivity contribution in [3.8, 4) is 0 Å². The molecule has 2 heterocycles. The largest absolute Gasteiger partial charge is 0.481 e. The molecule has 2 atom stereocenters. The minimum Gasteiger partial charge on any atom is -0.481 e. The topological polar surface area (TPSA) is 91.8 Å². The Balaban J connectivity index is 1.85. The lowest BCUT2D eigenvalue weighted by Crippen LogP contribution is -2.35. The minimum absolute atomic E-state index is 0.105. The number of hydrogen-bond donors (Lipinski definition) is 2. The molecule has 0 radical (unpaired) electrons. The van der Waals surface area contributed by atoms with Crippen LogP contribution in [0.5, 0.6) is 0 Å². The van der Waals surface area contributed by atoms with Gasteiger partial charge in [-0.25, -0.2) is 15.0 Å². The van der Waals surface area contributed by atoms with Crippen LogP contribution in [0.4, 0.5) is 0 Å². The Kier molecular flexibility index (Phi) is 2.47. The molecule has 88 valence electrons. The van der Waals surface area contributed by atoms with Crippen LogP contribution in [0, 0.1) is 5.92 Å². The van der Waals surface area contributed by atoms with Crippen molar-refractivity contribution in [2.24, 2.45) is 5.92 Å². The summed E-state index contributed by atoms with van der Waals surface area (Å²) in [6, 6.07) is 0. The van der Waals surface area contributed by atoms with E-state index in [0.717, 1.165) is 23.4 Å². The average molecular weight is 250 g/mol. The van der Waals surface area contributed by atoms with E-state index in [1.165, 1.54) is 18.1 Å². The van der Waals surface area contributed by atoms with E-state index in [2.05, 4.69) is 19.9 Å². The summed E-state index contributed by atoms with van der Waals surface area (Å²) in [5, 5.41) is 9.88. The Morgan fingerprint density at radius 2 is 2.29 bits per heavy atom. The fraction of sp³-hybridized carbons (Fsp3) is 0.400. The summed E-state index contributed by atoms with van der Waals surface area (Å²) in [5.41, 5.74) is 1.40. The molecule has 0 bridgehead atoms. The van der Waals surface area contributed by atoms with Gasteiger partial charge in [-0.1, -0.05) is 11.8 Å². The zero-order chi connectivity index (χ0) is 11.8. The molecule has 1 saturated carbocycles. The van der Waals surface area contributed by atoms with Gasteiger partial charge in [0.05, 0.1) is 12.2 Å². The van der Waals surface area contributed by atoms with Gasteiger partial charge >= 0.3 is 5.97 Å². The Hall–Kier alpha value is -1.63. The standard InChI is InChI=1S/C10H10N4O2S/c15-10(16)5-1-2-6(5)17-9-7-8(12-3-11-7)13-4-14-9/h3-6H,1-2H2,(H,15,16)(H,11,12,13,14). The molecule has 2 unspecified atom stereocenters. The van der Waals surface area contributed by atoms with E-state index in [4.69, 9.17) is 5.11 Å². The van der Waals surface area contributed by atoms with Gasteiger partial charge < -0.3 is 10.1 Å².